The van der Waals surface area contributed by atoms with Crippen molar-refractivity contribution in [3.63, 3.8) is 0 Å². The zero-order valence-corrected chi connectivity index (χ0v) is 14.6. The lowest BCUT2D eigenvalue weighted by atomic mass is 10.1. The third-order valence-electron chi connectivity index (χ3n) is 4.20. The highest BCUT2D eigenvalue weighted by molar-refractivity contribution is 6.30. The summed E-state index contributed by atoms with van der Waals surface area (Å²) in [4.78, 5) is 14.7. The number of hydrogen-bond donors (Lipinski definition) is 1. The SMILES string of the molecule is CCN1CCc2ccc(NC(=O)C(C)Oc3cccc(Cl)c3)cc21. The molecule has 0 bridgehead atoms. The summed E-state index contributed by atoms with van der Waals surface area (Å²) in [6.07, 6.45) is 0.449. The molecule has 1 aliphatic rings. The van der Waals surface area contributed by atoms with Gasteiger partial charge in [-0.1, -0.05) is 23.7 Å². The molecule has 0 spiro atoms. The van der Waals surface area contributed by atoms with Crippen molar-refractivity contribution in [1.82, 2.24) is 0 Å². The molecule has 4 nitrogen and oxygen atoms in total. The number of benzene rings is 2. The second kappa shape index (κ2) is 7.14. The number of nitrogens with zero attached hydrogens (tertiary/aromatic N) is 1. The van der Waals surface area contributed by atoms with Gasteiger partial charge >= 0.3 is 0 Å². The van der Waals surface area contributed by atoms with E-state index in [9.17, 15) is 4.79 Å². The number of halogens is 1. The molecule has 0 aliphatic carbocycles. The molecule has 1 N–H and O–H groups in total. The van der Waals surface area contributed by atoms with E-state index in [0.717, 1.165) is 25.2 Å². The van der Waals surface area contributed by atoms with Crippen LogP contribution in [0, 0.1) is 0 Å². The standard InChI is InChI=1S/C19H21ClN2O2/c1-3-22-10-9-14-7-8-16(12-18(14)22)21-19(23)13(2)24-17-6-4-5-15(20)11-17/h4-8,11-13H,3,9-10H2,1-2H3,(H,21,23). The van der Waals surface area contributed by atoms with Crippen molar-refractivity contribution in [3.05, 3.63) is 53.1 Å². The van der Waals surface area contributed by atoms with E-state index in [4.69, 9.17) is 16.3 Å². The zero-order chi connectivity index (χ0) is 17.1. The molecule has 1 heterocycles. The van der Waals surface area contributed by atoms with E-state index in [2.05, 4.69) is 23.2 Å². The molecule has 0 saturated heterocycles. The monoisotopic (exact) mass is 344 g/mol. The lowest BCUT2D eigenvalue weighted by Crippen LogP contribution is -2.30. The van der Waals surface area contributed by atoms with Crippen LogP contribution < -0.4 is 15.0 Å². The average Bonchev–Trinajstić information content (AvgIpc) is 2.97. The van der Waals surface area contributed by atoms with Crippen LogP contribution in [0.1, 0.15) is 19.4 Å². The average molecular weight is 345 g/mol. The minimum absolute atomic E-state index is 0.184. The number of anilines is 2. The minimum Gasteiger partial charge on any atom is -0.481 e. The highest BCUT2D eigenvalue weighted by atomic mass is 35.5. The lowest BCUT2D eigenvalue weighted by molar-refractivity contribution is -0.122. The molecule has 1 aliphatic heterocycles. The normalized spacial score (nSPS) is 14.2. The molecule has 0 radical (unpaired) electrons. The van der Waals surface area contributed by atoms with Crippen LogP contribution in [-0.2, 0) is 11.2 Å². The fourth-order valence-electron chi connectivity index (χ4n) is 2.89. The summed E-state index contributed by atoms with van der Waals surface area (Å²) in [5.74, 6) is 0.396. The smallest absolute Gasteiger partial charge is 0.265 e. The summed E-state index contributed by atoms with van der Waals surface area (Å²) in [5, 5.41) is 3.51. The molecule has 0 aromatic heterocycles. The van der Waals surface area contributed by atoms with Crippen LogP contribution in [-0.4, -0.2) is 25.1 Å². The molecule has 1 amide bonds. The number of rotatable bonds is 5. The molecule has 2 aromatic carbocycles. The predicted molar refractivity (Wildman–Crippen MR) is 98.2 cm³/mol. The Morgan fingerprint density at radius 3 is 2.92 bits per heavy atom. The van der Waals surface area contributed by atoms with Crippen LogP contribution in [0.15, 0.2) is 42.5 Å². The van der Waals surface area contributed by atoms with Crippen molar-refractivity contribution < 1.29 is 9.53 Å². The number of ether oxygens (including phenoxy) is 1. The lowest BCUT2D eigenvalue weighted by Gasteiger charge is -2.18. The summed E-state index contributed by atoms with van der Waals surface area (Å²) >= 11 is 5.93. The maximum atomic E-state index is 12.4. The maximum Gasteiger partial charge on any atom is 0.265 e. The van der Waals surface area contributed by atoms with Crippen LogP contribution >= 0.6 is 11.6 Å². The minimum atomic E-state index is -0.612. The van der Waals surface area contributed by atoms with Gasteiger partial charge in [0, 0.05) is 29.5 Å². The second-order valence-electron chi connectivity index (χ2n) is 5.88. The Balaban J connectivity index is 1.66. The summed E-state index contributed by atoms with van der Waals surface area (Å²) in [6, 6.07) is 13.1. The van der Waals surface area contributed by atoms with Crippen molar-refractivity contribution in [2.24, 2.45) is 0 Å². The fourth-order valence-corrected chi connectivity index (χ4v) is 3.07. The summed E-state index contributed by atoms with van der Waals surface area (Å²) in [7, 11) is 0. The van der Waals surface area contributed by atoms with E-state index < -0.39 is 6.10 Å². The largest absolute Gasteiger partial charge is 0.481 e. The Morgan fingerprint density at radius 2 is 2.17 bits per heavy atom. The maximum absolute atomic E-state index is 12.4. The fraction of sp³-hybridized carbons (Fsp3) is 0.316. The van der Waals surface area contributed by atoms with Gasteiger partial charge in [0.05, 0.1) is 0 Å². The first-order chi connectivity index (χ1) is 11.6. The van der Waals surface area contributed by atoms with Gasteiger partial charge in [0.2, 0.25) is 0 Å². The Kier molecular flexibility index (Phi) is 4.95. The second-order valence-corrected chi connectivity index (χ2v) is 6.32. The van der Waals surface area contributed by atoms with Gasteiger partial charge in [0.15, 0.2) is 6.10 Å². The van der Waals surface area contributed by atoms with Gasteiger partial charge in [0.1, 0.15) is 5.75 Å². The van der Waals surface area contributed by atoms with E-state index in [-0.39, 0.29) is 5.91 Å². The number of nitrogens with one attached hydrogen (secondary N) is 1. The van der Waals surface area contributed by atoms with Crippen LogP contribution in [0.2, 0.25) is 5.02 Å². The Morgan fingerprint density at radius 1 is 1.33 bits per heavy atom. The van der Waals surface area contributed by atoms with Gasteiger partial charge in [-0.05, 0) is 56.2 Å². The van der Waals surface area contributed by atoms with Gasteiger partial charge < -0.3 is 15.0 Å². The number of likely N-dealkylation sites (N-methyl/N-ethyl adjacent to an activating group) is 1. The number of carbonyl (C=O) groups excluding carboxylic acids is 1. The zero-order valence-electron chi connectivity index (χ0n) is 13.9. The number of hydrogen-bond acceptors (Lipinski definition) is 3. The first-order valence-corrected chi connectivity index (χ1v) is 8.55. The first kappa shape index (κ1) is 16.7. The summed E-state index contributed by atoms with van der Waals surface area (Å²) in [5.41, 5.74) is 3.33. The molecule has 0 fully saturated rings. The van der Waals surface area contributed by atoms with E-state index in [0.29, 0.717) is 10.8 Å². The van der Waals surface area contributed by atoms with Gasteiger partial charge in [-0.3, -0.25) is 4.79 Å². The molecule has 24 heavy (non-hydrogen) atoms. The van der Waals surface area contributed by atoms with E-state index in [1.165, 1.54) is 11.3 Å². The molecular formula is C19H21ClN2O2. The number of carbonyl (C=O) groups is 1. The molecule has 3 rings (SSSR count). The highest BCUT2D eigenvalue weighted by Gasteiger charge is 2.20. The molecule has 5 heteroatoms. The van der Waals surface area contributed by atoms with E-state index in [1.807, 2.05) is 12.1 Å². The Labute approximate surface area is 147 Å². The van der Waals surface area contributed by atoms with Crippen LogP contribution in [0.25, 0.3) is 0 Å². The molecule has 2 aromatic rings. The predicted octanol–water partition coefficient (Wildman–Crippen LogP) is 4.13. The highest BCUT2D eigenvalue weighted by Crippen LogP contribution is 2.30. The van der Waals surface area contributed by atoms with Gasteiger partial charge in [-0.25, -0.2) is 0 Å². The molecule has 1 unspecified atom stereocenters. The summed E-state index contributed by atoms with van der Waals surface area (Å²) in [6.45, 7) is 5.87. The van der Waals surface area contributed by atoms with Crippen molar-refractivity contribution in [2.75, 3.05) is 23.3 Å². The molecule has 126 valence electrons. The molecule has 0 saturated carbocycles. The van der Waals surface area contributed by atoms with Gasteiger partial charge in [-0.15, -0.1) is 0 Å². The topological polar surface area (TPSA) is 41.6 Å². The van der Waals surface area contributed by atoms with Crippen molar-refractivity contribution in [1.29, 1.82) is 0 Å². The molecule has 1 atom stereocenters. The first-order valence-electron chi connectivity index (χ1n) is 8.18. The van der Waals surface area contributed by atoms with E-state index >= 15 is 0 Å². The molecular weight excluding hydrogens is 324 g/mol. The van der Waals surface area contributed by atoms with Gasteiger partial charge in [-0.2, -0.15) is 0 Å². The van der Waals surface area contributed by atoms with Crippen LogP contribution in [0.3, 0.4) is 0 Å². The van der Waals surface area contributed by atoms with Crippen LogP contribution in [0.4, 0.5) is 11.4 Å². The van der Waals surface area contributed by atoms with Crippen molar-refractivity contribution >= 4 is 28.9 Å². The Hall–Kier alpha value is -2.20. The summed E-state index contributed by atoms with van der Waals surface area (Å²) < 4.78 is 5.66. The van der Waals surface area contributed by atoms with Gasteiger partial charge in [0.25, 0.3) is 5.91 Å². The third kappa shape index (κ3) is 3.65. The third-order valence-corrected chi connectivity index (χ3v) is 4.44. The number of fused-ring (bicyclic) bond motifs is 1. The number of amides is 1. The Bertz CT molecular complexity index is 748. The van der Waals surface area contributed by atoms with Crippen molar-refractivity contribution in [2.45, 2.75) is 26.4 Å². The van der Waals surface area contributed by atoms with Crippen molar-refractivity contribution in [3.8, 4) is 5.75 Å². The van der Waals surface area contributed by atoms with E-state index in [1.54, 1.807) is 31.2 Å². The quantitative estimate of drug-likeness (QED) is 0.886. The van der Waals surface area contributed by atoms with Crippen LogP contribution in [0.5, 0.6) is 5.75 Å².